The molecule has 0 fully saturated rings. The van der Waals surface area contributed by atoms with E-state index in [2.05, 4.69) is 10.3 Å². The minimum absolute atomic E-state index is 0.232. The van der Waals surface area contributed by atoms with E-state index in [0.29, 0.717) is 30.9 Å². The molecule has 2 aromatic heterocycles. The fourth-order valence-electron chi connectivity index (χ4n) is 3.27. The van der Waals surface area contributed by atoms with E-state index in [-0.39, 0.29) is 5.91 Å². The second-order valence-electron chi connectivity index (χ2n) is 6.71. The number of para-hydroxylation sites is 1. The number of benzene rings is 2. The number of methoxy groups -OCH3 is 1. The fraction of sp³-hybridized carbons (Fsp3) is 0.217. The van der Waals surface area contributed by atoms with Crippen LogP contribution in [0.5, 0.6) is 11.5 Å². The van der Waals surface area contributed by atoms with E-state index in [1.54, 1.807) is 13.3 Å². The number of hydrogen-bond acceptors (Lipinski definition) is 5. The largest absolute Gasteiger partial charge is 0.497 e. The lowest BCUT2D eigenvalue weighted by Crippen LogP contribution is -2.25. The molecule has 0 bridgehead atoms. The molecule has 0 atom stereocenters. The number of carbonyl (C=O) groups excluding carboxylic acids is 1. The third-order valence-electron chi connectivity index (χ3n) is 4.81. The molecule has 2 heterocycles. The molecule has 148 valence electrons. The summed E-state index contributed by atoms with van der Waals surface area (Å²) in [5.41, 5.74) is 2.31. The van der Waals surface area contributed by atoms with E-state index in [1.807, 2.05) is 55.5 Å². The number of carbonyl (C=O) groups is 1. The van der Waals surface area contributed by atoms with Crippen molar-refractivity contribution in [3.05, 3.63) is 66.1 Å². The zero-order valence-electron chi connectivity index (χ0n) is 16.4. The van der Waals surface area contributed by atoms with Crippen LogP contribution >= 0.6 is 0 Å². The smallest absolute Gasteiger partial charge is 0.287 e. The Kier molecular flexibility index (Phi) is 5.33. The molecule has 4 aromatic rings. The first-order valence-corrected chi connectivity index (χ1v) is 9.49. The van der Waals surface area contributed by atoms with Gasteiger partial charge in [0.05, 0.1) is 13.7 Å². The van der Waals surface area contributed by atoms with Crippen LogP contribution in [0.4, 0.5) is 0 Å². The number of hydrogen-bond donors (Lipinski definition) is 1. The van der Waals surface area contributed by atoms with Crippen LogP contribution in [-0.4, -0.2) is 31.2 Å². The summed E-state index contributed by atoms with van der Waals surface area (Å²) in [6.45, 7) is 2.83. The lowest BCUT2D eigenvalue weighted by Gasteiger charge is -2.09. The van der Waals surface area contributed by atoms with Crippen LogP contribution in [0.15, 0.2) is 59.1 Å². The highest BCUT2D eigenvalue weighted by Gasteiger charge is 2.17. The molecule has 6 heteroatoms. The van der Waals surface area contributed by atoms with Crippen molar-refractivity contribution in [2.24, 2.45) is 0 Å². The van der Waals surface area contributed by atoms with E-state index in [9.17, 15) is 4.79 Å². The van der Waals surface area contributed by atoms with Gasteiger partial charge >= 0.3 is 0 Å². The van der Waals surface area contributed by atoms with Crippen molar-refractivity contribution >= 4 is 27.8 Å². The Morgan fingerprint density at radius 2 is 2.03 bits per heavy atom. The third-order valence-corrected chi connectivity index (χ3v) is 4.81. The molecule has 0 saturated carbocycles. The standard InChI is InChI=1S/C23H22N2O4/c1-15-18-14-17(27-2)9-10-19(18)29-22(15)23(26)25-12-5-13-28-20-8-3-6-16-7-4-11-24-21(16)20/h3-4,6-11,14H,5,12-13H2,1-2H3,(H,25,26). The number of aromatic nitrogens is 1. The van der Waals surface area contributed by atoms with Gasteiger partial charge in [-0.25, -0.2) is 0 Å². The number of amides is 1. The van der Waals surface area contributed by atoms with Gasteiger partial charge < -0.3 is 19.2 Å². The first-order valence-electron chi connectivity index (χ1n) is 9.49. The highest BCUT2D eigenvalue weighted by atomic mass is 16.5. The summed E-state index contributed by atoms with van der Waals surface area (Å²) in [6, 6.07) is 15.2. The predicted molar refractivity (Wildman–Crippen MR) is 112 cm³/mol. The van der Waals surface area contributed by atoms with Gasteiger partial charge in [-0.05, 0) is 43.7 Å². The van der Waals surface area contributed by atoms with E-state index < -0.39 is 0 Å². The molecule has 1 N–H and O–H groups in total. The number of nitrogens with one attached hydrogen (secondary N) is 1. The van der Waals surface area contributed by atoms with Crippen molar-refractivity contribution in [2.75, 3.05) is 20.3 Å². The lowest BCUT2D eigenvalue weighted by molar-refractivity contribution is 0.0925. The number of ether oxygens (including phenoxy) is 2. The molecule has 0 spiro atoms. The molecule has 1 amide bonds. The van der Waals surface area contributed by atoms with Gasteiger partial charge in [-0.15, -0.1) is 0 Å². The summed E-state index contributed by atoms with van der Waals surface area (Å²) >= 11 is 0. The average molecular weight is 390 g/mol. The number of aryl methyl sites for hydroxylation is 1. The number of nitrogens with zero attached hydrogens (tertiary/aromatic N) is 1. The Morgan fingerprint density at radius 3 is 2.90 bits per heavy atom. The quantitative estimate of drug-likeness (QED) is 0.471. The van der Waals surface area contributed by atoms with Crippen molar-refractivity contribution in [3.63, 3.8) is 0 Å². The van der Waals surface area contributed by atoms with Crippen LogP contribution in [0.2, 0.25) is 0 Å². The molecule has 0 saturated heterocycles. The highest BCUT2D eigenvalue weighted by Crippen LogP contribution is 2.28. The van der Waals surface area contributed by atoms with Crippen LogP contribution in [-0.2, 0) is 0 Å². The molecule has 0 unspecified atom stereocenters. The van der Waals surface area contributed by atoms with Crippen molar-refractivity contribution in [3.8, 4) is 11.5 Å². The second-order valence-corrected chi connectivity index (χ2v) is 6.71. The van der Waals surface area contributed by atoms with Gasteiger partial charge in [0.1, 0.15) is 22.6 Å². The van der Waals surface area contributed by atoms with Gasteiger partial charge in [-0.1, -0.05) is 18.2 Å². The summed E-state index contributed by atoms with van der Waals surface area (Å²) in [6.07, 6.45) is 2.42. The zero-order valence-corrected chi connectivity index (χ0v) is 16.4. The van der Waals surface area contributed by atoms with Crippen molar-refractivity contribution in [2.45, 2.75) is 13.3 Å². The average Bonchev–Trinajstić information content (AvgIpc) is 3.09. The van der Waals surface area contributed by atoms with E-state index in [1.165, 1.54) is 0 Å². The fourth-order valence-corrected chi connectivity index (χ4v) is 3.27. The van der Waals surface area contributed by atoms with Crippen LogP contribution in [0.25, 0.3) is 21.9 Å². The topological polar surface area (TPSA) is 73.6 Å². The Bertz CT molecular complexity index is 1160. The van der Waals surface area contributed by atoms with Gasteiger partial charge in [0.15, 0.2) is 5.76 Å². The maximum Gasteiger partial charge on any atom is 0.287 e. The van der Waals surface area contributed by atoms with Gasteiger partial charge in [-0.2, -0.15) is 0 Å². The Morgan fingerprint density at radius 1 is 1.17 bits per heavy atom. The third kappa shape index (κ3) is 3.87. The molecule has 0 radical (unpaired) electrons. The number of pyridine rings is 1. The summed E-state index contributed by atoms with van der Waals surface area (Å²) in [4.78, 5) is 16.9. The normalized spacial score (nSPS) is 11.0. The zero-order chi connectivity index (χ0) is 20.2. The van der Waals surface area contributed by atoms with Gasteiger partial charge in [-0.3, -0.25) is 9.78 Å². The maximum absolute atomic E-state index is 12.5. The predicted octanol–water partition coefficient (Wildman–Crippen LogP) is 4.50. The SMILES string of the molecule is COc1ccc2oc(C(=O)NCCCOc3cccc4cccnc34)c(C)c2c1. The number of fused-ring (bicyclic) bond motifs is 2. The molecule has 6 nitrogen and oxygen atoms in total. The van der Waals surface area contributed by atoms with Crippen LogP contribution in [0.3, 0.4) is 0 Å². The summed E-state index contributed by atoms with van der Waals surface area (Å²) < 4.78 is 16.8. The van der Waals surface area contributed by atoms with Crippen LogP contribution < -0.4 is 14.8 Å². The van der Waals surface area contributed by atoms with Gasteiger partial charge in [0, 0.05) is 29.1 Å². The van der Waals surface area contributed by atoms with E-state index in [0.717, 1.165) is 33.4 Å². The Hall–Kier alpha value is -3.54. The Balaban J connectivity index is 1.33. The van der Waals surface area contributed by atoms with Crippen molar-refractivity contribution in [1.82, 2.24) is 10.3 Å². The van der Waals surface area contributed by atoms with Crippen molar-refractivity contribution in [1.29, 1.82) is 0 Å². The summed E-state index contributed by atoms with van der Waals surface area (Å²) in [7, 11) is 1.61. The summed E-state index contributed by atoms with van der Waals surface area (Å²) in [5.74, 6) is 1.57. The van der Waals surface area contributed by atoms with Gasteiger partial charge in [0.2, 0.25) is 0 Å². The van der Waals surface area contributed by atoms with E-state index >= 15 is 0 Å². The number of rotatable bonds is 7. The Labute approximate surface area is 168 Å². The molecular weight excluding hydrogens is 368 g/mol. The molecule has 29 heavy (non-hydrogen) atoms. The molecule has 4 rings (SSSR count). The van der Waals surface area contributed by atoms with Crippen molar-refractivity contribution < 1.29 is 18.7 Å². The highest BCUT2D eigenvalue weighted by molar-refractivity contribution is 5.99. The molecule has 0 aliphatic rings. The minimum Gasteiger partial charge on any atom is -0.497 e. The first kappa shape index (κ1) is 18.8. The lowest BCUT2D eigenvalue weighted by atomic mass is 10.1. The summed E-state index contributed by atoms with van der Waals surface area (Å²) in [5, 5.41) is 4.81. The maximum atomic E-state index is 12.5. The van der Waals surface area contributed by atoms with Gasteiger partial charge in [0.25, 0.3) is 5.91 Å². The molecule has 0 aliphatic heterocycles. The van der Waals surface area contributed by atoms with Crippen LogP contribution in [0, 0.1) is 6.92 Å². The molecule has 2 aromatic carbocycles. The number of furan rings is 1. The van der Waals surface area contributed by atoms with E-state index in [4.69, 9.17) is 13.9 Å². The molecule has 0 aliphatic carbocycles. The first-order chi connectivity index (χ1) is 14.2. The molecular formula is C23H22N2O4. The minimum atomic E-state index is -0.232. The second kappa shape index (κ2) is 8.22. The monoisotopic (exact) mass is 390 g/mol. The van der Waals surface area contributed by atoms with Crippen LogP contribution in [0.1, 0.15) is 22.5 Å².